The van der Waals surface area contributed by atoms with Crippen LogP contribution in [0.3, 0.4) is 0 Å². The molecule has 0 atom stereocenters. The number of benzene rings is 1. The molecule has 1 aromatic rings. The Balaban J connectivity index is 0.00000361. The second kappa shape index (κ2) is 7.46. The molecule has 10 heteroatoms. The van der Waals surface area contributed by atoms with E-state index in [1.165, 1.54) is 0 Å². The Labute approximate surface area is 125 Å². The average molecular weight is 353 g/mol. The minimum absolute atomic E-state index is 0. The number of nitrogens with two attached hydrogens (primary N) is 1. The van der Waals surface area contributed by atoms with Crippen molar-refractivity contribution >= 4 is 34.0 Å². The van der Waals surface area contributed by atoms with Gasteiger partial charge in [-0.3, -0.25) is 0 Å². The van der Waals surface area contributed by atoms with Gasteiger partial charge >= 0.3 is 6.18 Å². The van der Waals surface area contributed by atoms with Crippen molar-refractivity contribution in [3.05, 3.63) is 28.8 Å². The molecule has 0 bridgehead atoms. The van der Waals surface area contributed by atoms with E-state index in [0.717, 1.165) is 12.1 Å². The van der Waals surface area contributed by atoms with Gasteiger partial charge in [-0.2, -0.15) is 13.2 Å². The van der Waals surface area contributed by atoms with Crippen LogP contribution in [0.1, 0.15) is 12.0 Å². The van der Waals surface area contributed by atoms with Gasteiger partial charge in [-0.05, 0) is 25.1 Å². The lowest BCUT2D eigenvalue weighted by molar-refractivity contribution is -0.139. The van der Waals surface area contributed by atoms with Crippen molar-refractivity contribution in [2.45, 2.75) is 17.5 Å². The van der Waals surface area contributed by atoms with E-state index in [4.69, 9.17) is 17.3 Å². The van der Waals surface area contributed by atoms with Crippen molar-refractivity contribution in [1.29, 1.82) is 0 Å². The molecule has 0 aliphatic rings. The summed E-state index contributed by atoms with van der Waals surface area (Å²) in [5.41, 5.74) is 3.89. The Morgan fingerprint density at radius 1 is 1.30 bits per heavy atom. The molecule has 0 spiro atoms. The first-order valence-electron chi connectivity index (χ1n) is 5.25. The summed E-state index contributed by atoms with van der Waals surface area (Å²) in [5, 5.41) is -0.477. The molecule has 0 aliphatic heterocycles. The minimum atomic E-state index is -4.80. The van der Waals surface area contributed by atoms with E-state index in [-0.39, 0.29) is 25.5 Å². The van der Waals surface area contributed by atoms with Crippen LogP contribution in [-0.2, 0) is 16.2 Å². The molecule has 0 saturated carbocycles. The fourth-order valence-electron chi connectivity index (χ4n) is 1.39. The molecule has 0 radical (unpaired) electrons. The highest BCUT2D eigenvalue weighted by atomic mass is 35.5. The van der Waals surface area contributed by atoms with Gasteiger partial charge in [0.05, 0.1) is 10.6 Å². The summed E-state index contributed by atoms with van der Waals surface area (Å²) in [4.78, 5) is -0.957. The zero-order chi connectivity index (χ0) is 14.7. The summed E-state index contributed by atoms with van der Waals surface area (Å²) in [6.07, 6.45) is -4.49. The number of halogens is 5. The normalized spacial score (nSPS) is 12.1. The van der Waals surface area contributed by atoms with Crippen molar-refractivity contribution in [2.24, 2.45) is 5.73 Å². The van der Waals surface area contributed by atoms with E-state index in [2.05, 4.69) is 0 Å². The second-order valence-corrected chi connectivity index (χ2v) is 5.77. The number of rotatable bonds is 5. The van der Waals surface area contributed by atoms with Crippen LogP contribution in [0.5, 0.6) is 0 Å². The van der Waals surface area contributed by atoms with Gasteiger partial charge in [0.1, 0.15) is 4.90 Å². The maximum atomic E-state index is 12.8. The Morgan fingerprint density at radius 3 is 2.40 bits per heavy atom. The highest BCUT2D eigenvalue weighted by Crippen LogP contribution is 2.37. The molecule has 1 aromatic carbocycles. The van der Waals surface area contributed by atoms with Gasteiger partial charge in [-0.25, -0.2) is 13.1 Å². The standard InChI is InChI=1S/C10H12ClF3N2O2S.ClH/c11-8-4-1-3-7(10(12,13)14)9(8)19(17,18)16-6-2-5-15;/h1,3-4,16H,2,5-6,15H2;1H. The topological polar surface area (TPSA) is 72.2 Å². The molecule has 0 aliphatic carbocycles. The average Bonchev–Trinajstić information content (AvgIpc) is 2.27. The molecule has 0 aromatic heterocycles. The minimum Gasteiger partial charge on any atom is -0.330 e. The van der Waals surface area contributed by atoms with Gasteiger partial charge in [-0.1, -0.05) is 17.7 Å². The third-order valence-corrected chi connectivity index (χ3v) is 4.20. The van der Waals surface area contributed by atoms with Crippen molar-refractivity contribution in [3.8, 4) is 0 Å². The Bertz CT molecular complexity index is 550. The third-order valence-electron chi connectivity index (χ3n) is 2.21. The van der Waals surface area contributed by atoms with Crippen LogP contribution < -0.4 is 10.5 Å². The second-order valence-electron chi connectivity index (χ2n) is 3.65. The predicted octanol–water partition coefficient (Wildman–Crippen LogP) is 2.41. The van der Waals surface area contributed by atoms with Gasteiger partial charge in [0.25, 0.3) is 0 Å². The van der Waals surface area contributed by atoms with E-state index in [1.54, 1.807) is 0 Å². The number of sulfonamides is 1. The maximum absolute atomic E-state index is 12.8. The number of hydrogen-bond donors (Lipinski definition) is 2. The first-order valence-corrected chi connectivity index (χ1v) is 7.11. The first kappa shape index (κ1) is 19.5. The summed E-state index contributed by atoms with van der Waals surface area (Å²) in [5.74, 6) is 0. The maximum Gasteiger partial charge on any atom is 0.417 e. The van der Waals surface area contributed by atoms with Crippen LogP contribution in [0.2, 0.25) is 5.02 Å². The summed E-state index contributed by atoms with van der Waals surface area (Å²) in [6.45, 7) is 0.165. The lowest BCUT2D eigenvalue weighted by atomic mass is 10.2. The molecule has 116 valence electrons. The number of hydrogen-bond acceptors (Lipinski definition) is 3. The fourth-order valence-corrected chi connectivity index (χ4v) is 3.22. The number of alkyl halides is 3. The molecule has 0 saturated heterocycles. The SMILES string of the molecule is Cl.NCCCNS(=O)(=O)c1c(Cl)cccc1C(F)(F)F. The predicted molar refractivity (Wildman–Crippen MR) is 72.6 cm³/mol. The largest absolute Gasteiger partial charge is 0.417 e. The van der Waals surface area contributed by atoms with Crippen molar-refractivity contribution in [1.82, 2.24) is 4.72 Å². The molecule has 0 fully saturated rings. The summed E-state index contributed by atoms with van der Waals surface area (Å²) in [7, 11) is -4.33. The smallest absolute Gasteiger partial charge is 0.330 e. The first-order chi connectivity index (χ1) is 8.70. The fraction of sp³-hybridized carbons (Fsp3) is 0.400. The Hall–Kier alpha value is -0.540. The molecular formula is C10H13Cl2F3N2O2S. The molecule has 0 heterocycles. The van der Waals surface area contributed by atoms with E-state index in [1.807, 2.05) is 4.72 Å². The van der Waals surface area contributed by atoms with Crippen LogP contribution in [-0.4, -0.2) is 21.5 Å². The molecule has 0 amide bonds. The van der Waals surface area contributed by atoms with Crippen molar-refractivity contribution in [2.75, 3.05) is 13.1 Å². The summed E-state index contributed by atoms with van der Waals surface area (Å²) in [6, 6.07) is 2.81. The molecule has 3 N–H and O–H groups in total. The molecule has 4 nitrogen and oxygen atoms in total. The zero-order valence-corrected chi connectivity index (χ0v) is 12.5. The van der Waals surface area contributed by atoms with Gasteiger partial charge in [0, 0.05) is 6.54 Å². The van der Waals surface area contributed by atoms with Crippen molar-refractivity contribution in [3.63, 3.8) is 0 Å². The molecule has 1 rings (SSSR count). The molecule has 0 unspecified atom stereocenters. The summed E-state index contributed by atoms with van der Waals surface area (Å²) >= 11 is 5.59. The van der Waals surface area contributed by atoms with Gasteiger partial charge in [0.15, 0.2) is 0 Å². The summed E-state index contributed by atoms with van der Waals surface area (Å²) < 4.78 is 64.1. The van der Waals surface area contributed by atoms with Crippen molar-refractivity contribution < 1.29 is 21.6 Å². The van der Waals surface area contributed by atoms with Crippen LogP contribution in [0.25, 0.3) is 0 Å². The Morgan fingerprint density at radius 2 is 1.90 bits per heavy atom. The zero-order valence-electron chi connectivity index (χ0n) is 10.1. The molecule has 20 heavy (non-hydrogen) atoms. The highest BCUT2D eigenvalue weighted by Gasteiger charge is 2.38. The van der Waals surface area contributed by atoms with Gasteiger partial charge in [0.2, 0.25) is 10.0 Å². The van der Waals surface area contributed by atoms with Crippen LogP contribution in [0.15, 0.2) is 23.1 Å². The highest BCUT2D eigenvalue weighted by molar-refractivity contribution is 7.89. The molecular weight excluding hydrogens is 340 g/mol. The van der Waals surface area contributed by atoms with E-state index in [0.29, 0.717) is 12.5 Å². The lowest BCUT2D eigenvalue weighted by Gasteiger charge is -2.15. The van der Waals surface area contributed by atoms with Gasteiger partial charge < -0.3 is 5.73 Å². The number of nitrogens with one attached hydrogen (secondary N) is 1. The quantitative estimate of drug-likeness (QED) is 0.799. The third kappa shape index (κ3) is 4.78. The van der Waals surface area contributed by atoms with E-state index >= 15 is 0 Å². The van der Waals surface area contributed by atoms with E-state index in [9.17, 15) is 21.6 Å². The monoisotopic (exact) mass is 352 g/mol. The van der Waals surface area contributed by atoms with Gasteiger partial charge in [-0.15, -0.1) is 12.4 Å². The lowest BCUT2D eigenvalue weighted by Crippen LogP contribution is -2.28. The Kier molecular flexibility index (Phi) is 7.26. The van der Waals surface area contributed by atoms with Crippen LogP contribution >= 0.6 is 24.0 Å². The van der Waals surface area contributed by atoms with E-state index < -0.39 is 31.7 Å². The van der Waals surface area contributed by atoms with Crippen LogP contribution in [0, 0.1) is 0 Å². The van der Waals surface area contributed by atoms with Crippen LogP contribution in [0.4, 0.5) is 13.2 Å².